The Morgan fingerprint density at radius 3 is 2.84 bits per heavy atom. The first-order valence-corrected chi connectivity index (χ1v) is 8.15. The number of Topliss-reactive ketones (excluding diaryl/α,β-unsaturated/α-hetero) is 1. The lowest BCUT2D eigenvalue weighted by atomic mass is 9.98. The minimum Gasteiger partial charge on any atom is -0.300 e. The van der Waals surface area contributed by atoms with E-state index in [0.29, 0.717) is 11.8 Å². The van der Waals surface area contributed by atoms with Crippen LogP contribution in [0.4, 0.5) is 0 Å². The number of benzene rings is 1. The van der Waals surface area contributed by atoms with E-state index >= 15 is 0 Å². The van der Waals surface area contributed by atoms with E-state index < -0.39 is 0 Å². The van der Waals surface area contributed by atoms with Gasteiger partial charge in [-0.15, -0.1) is 11.8 Å². The molecule has 1 aliphatic rings. The molecule has 0 saturated carbocycles. The molecule has 1 aliphatic heterocycles. The van der Waals surface area contributed by atoms with Crippen LogP contribution in [0.3, 0.4) is 0 Å². The topological polar surface area (TPSA) is 20.3 Å². The second-order valence-electron chi connectivity index (χ2n) is 5.25. The molecule has 1 aromatic carbocycles. The minimum atomic E-state index is 0.326. The van der Waals surface area contributed by atoms with Gasteiger partial charge in [-0.1, -0.05) is 24.6 Å². The molecule has 2 rings (SSSR count). The van der Waals surface area contributed by atoms with E-state index in [9.17, 15) is 4.79 Å². The van der Waals surface area contributed by atoms with Crippen LogP contribution in [0.1, 0.15) is 32.6 Å². The summed E-state index contributed by atoms with van der Waals surface area (Å²) in [4.78, 5) is 15.2. The molecule has 1 aromatic rings. The Morgan fingerprint density at radius 1 is 1.32 bits per heavy atom. The highest BCUT2D eigenvalue weighted by molar-refractivity contribution is 7.99. The Kier molecular flexibility index (Phi) is 5.93. The van der Waals surface area contributed by atoms with Crippen molar-refractivity contribution >= 4 is 17.5 Å². The molecule has 104 valence electrons. The first kappa shape index (κ1) is 14.6. The maximum absolute atomic E-state index is 11.3. The zero-order valence-corrected chi connectivity index (χ0v) is 12.5. The maximum Gasteiger partial charge on any atom is 0.131 e. The Morgan fingerprint density at radius 2 is 2.11 bits per heavy atom. The Hall–Kier alpha value is -0.800. The molecule has 1 atom stereocenters. The zero-order chi connectivity index (χ0) is 13.5. The second-order valence-corrected chi connectivity index (χ2v) is 6.42. The van der Waals surface area contributed by atoms with Gasteiger partial charge < -0.3 is 0 Å². The predicted octanol–water partition coefficient (Wildman–Crippen LogP) is 3.61. The fourth-order valence-corrected chi connectivity index (χ4v) is 3.63. The lowest BCUT2D eigenvalue weighted by molar-refractivity contribution is -0.118. The third-order valence-electron chi connectivity index (χ3n) is 3.66. The Labute approximate surface area is 120 Å². The number of carbonyl (C=O) groups excluding carboxylic acids is 1. The Balaban J connectivity index is 1.78. The molecule has 0 spiro atoms. The van der Waals surface area contributed by atoms with Gasteiger partial charge in [0.1, 0.15) is 5.78 Å². The average molecular weight is 277 g/mol. The molecule has 0 N–H and O–H groups in total. The number of piperidine rings is 1. The van der Waals surface area contributed by atoms with Gasteiger partial charge in [-0.05, 0) is 38.4 Å². The van der Waals surface area contributed by atoms with E-state index in [0.717, 1.165) is 25.3 Å². The predicted molar refractivity (Wildman–Crippen MR) is 81.7 cm³/mol. The first-order valence-electron chi connectivity index (χ1n) is 7.17. The minimum absolute atomic E-state index is 0.326. The van der Waals surface area contributed by atoms with Crippen molar-refractivity contribution in [2.45, 2.75) is 43.5 Å². The average Bonchev–Trinajstić information content (AvgIpc) is 2.41. The summed E-state index contributed by atoms with van der Waals surface area (Å²) >= 11 is 1.91. The monoisotopic (exact) mass is 277 g/mol. The largest absolute Gasteiger partial charge is 0.300 e. The number of likely N-dealkylation sites (tertiary alicyclic amines) is 1. The van der Waals surface area contributed by atoms with Gasteiger partial charge in [-0.2, -0.15) is 0 Å². The molecular formula is C16H23NOS. The van der Waals surface area contributed by atoms with E-state index in [-0.39, 0.29) is 0 Å². The maximum atomic E-state index is 11.3. The molecule has 0 aliphatic carbocycles. The van der Waals surface area contributed by atoms with Crippen LogP contribution in [0.5, 0.6) is 0 Å². The van der Waals surface area contributed by atoms with E-state index in [1.807, 2.05) is 11.8 Å². The van der Waals surface area contributed by atoms with Crippen molar-refractivity contribution in [3.8, 4) is 0 Å². The first-order chi connectivity index (χ1) is 9.25. The Bertz CT molecular complexity index is 393. The van der Waals surface area contributed by atoms with Gasteiger partial charge in [-0.25, -0.2) is 0 Å². The summed E-state index contributed by atoms with van der Waals surface area (Å²) in [6.45, 7) is 3.97. The highest BCUT2D eigenvalue weighted by Gasteiger charge is 2.22. The van der Waals surface area contributed by atoms with E-state index in [4.69, 9.17) is 0 Å². The van der Waals surface area contributed by atoms with Crippen LogP contribution >= 0.6 is 11.8 Å². The summed E-state index contributed by atoms with van der Waals surface area (Å²) in [6, 6.07) is 11.0. The molecule has 0 aromatic heterocycles. The molecule has 0 radical (unpaired) electrons. The fourth-order valence-electron chi connectivity index (χ4n) is 2.71. The summed E-state index contributed by atoms with van der Waals surface area (Å²) in [6.07, 6.45) is 4.48. The van der Waals surface area contributed by atoms with Crippen molar-refractivity contribution in [3.63, 3.8) is 0 Å². The summed E-state index contributed by atoms with van der Waals surface area (Å²) in [5, 5.41) is 0. The summed E-state index contributed by atoms with van der Waals surface area (Å²) in [5.41, 5.74) is 0. The third kappa shape index (κ3) is 5.00. The number of ketones is 1. The molecule has 1 heterocycles. The van der Waals surface area contributed by atoms with Crippen LogP contribution in [0.25, 0.3) is 0 Å². The van der Waals surface area contributed by atoms with Crippen LogP contribution < -0.4 is 0 Å². The van der Waals surface area contributed by atoms with Crippen LogP contribution in [-0.4, -0.2) is 35.6 Å². The lowest BCUT2D eigenvalue weighted by Gasteiger charge is -2.35. The zero-order valence-electron chi connectivity index (χ0n) is 11.7. The molecule has 2 nitrogen and oxygen atoms in total. The van der Waals surface area contributed by atoms with Crippen molar-refractivity contribution in [2.24, 2.45) is 0 Å². The van der Waals surface area contributed by atoms with Gasteiger partial charge >= 0.3 is 0 Å². The molecule has 0 amide bonds. The van der Waals surface area contributed by atoms with Gasteiger partial charge in [0.05, 0.1) is 0 Å². The normalized spacial score (nSPS) is 20.4. The molecule has 1 fully saturated rings. The van der Waals surface area contributed by atoms with Gasteiger partial charge in [0, 0.05) is 29.7 Å². The highest BCUT2D eigenvalue weighted by Crippen LogP contribution is 2.22. The molecule has 3 heteroatoms. The summed E-state index contributed by atoms with van der Waals surface area (Å²) < 4.78 is 0. The highest BCUT2D eigenvalue weighted by atomic mass is 32.2. The number of nitrogens with zero attached hydrogens (tertiary/aromatic N) is 1. The number of hydrogen-bond donors (Lipinski definition) is 0. The smallest absolute Gasteiger partial charge is 0.131 e. The summed E-state index contributed by atoms with van der Waals surface area (Å²) in [7, 11) is 0. The van der Waals surface area contributed by atoms with Gasteiger partial charge in [0.2, 0.25) is 0 Å². The van der Waals surface area contributed by atoms with Crippen molar-refractivity contribution < 1.29 is 4.79 Å². The fraction of sp³-hybridized carbons (Fsp3) is 0.562. The molecule has 0 bridgehead atoms. The molecular weight excluding hydrogens is 254 g/mol. The van der Waals surface area contributed by atoms with Gasteiger partial charge in [0.15, 0.2) is 0 Å². The van der Waals surface area contributed by atoms with Crippen molar-refractivity contribution in [1.29, 1.82) is 0 Å². The number of thioether (sulfide) groups is 1. The number of carbonyl (C=O) groups is 1. The molecule has 1 saturated heterocycles. The van der Waals surface area contributed by atoms with Gasteiger partial charge in [-0.3, -0.25) is 9.69 Å². The number of rotatable bonds is 6. The second kappa shape index (κ2) is 7.71. The standard InChI is InChI=1S/C16H23NOS/c1-14(18)13-15-7-5-6-10-17(15)11-12-19-16-8-3-2-4-9-16/h2-4,8-9,15H,5-7,10-13H2,1H3. The SMILES string of the molecule is CC(=O)CC1CCCCN1CCSc1ccccc1. The number of hydrogen-bond acceptors (Lipinski definition) is 3. The van der Waals surface area contributed by atoms with Crippen molar-refractivity contribution in [2.75, 3.05) is 18.8 Å². The van der Waals surface area contributed by atoms with Crippen LogP contribution in [0.2, 0.25) is 0 Å². The van der Waals surface area contributed by atoms with E-state index in [1.54, 1.807) is 6.92 Å². The van der Waals surface area contributed by atoms with E-state index in [1.165, 1.54) is 24.2 Å². The van der Waals surface area contributed by atoms with Crippen LogP contribution in [0.15, 0.2) is 35.2 Å². The van der Waals surface area contributed by atoms with Gasteiger partial charge in [0.25, 0.3) is 0 Å². The third-order valence-corrected chi connectivity index (χ3v) is 4.65. The van der Waals surface area contributed by atoms with E-state index in [2.05, 4.69) is 35.2 Å². The van der Waals surface area contributed by atoms with Crippen LogP contribution in [0, 0.1) is 0 Å². The van der Waals surface area contributed by atoms with Crippen molar-refractivity contribution in [1.82, 2.24) is 4.90 Å². The quantitative estimate of drug-likeness (QED) is 0.741. The summed E-state index contributed by atoms with van der Waals surface area (Å²) in [5.74, 6) is 1.44. The molecule has 19 heavy (non-hydrogen) atoms. The molecule has 1 unspecified atom stereocenters. The lowest BCUT2D eigenvalue weighted by Crippen LogP contribution is -2.41. The van der Waals surface area contributed by atoms with Crippen LogP contribution in [-0.2, 0) is 4.79 Å². The van der Waals surface area contributed by atoms with Crippen molar-refractivity contribution in [3.05, 3.63) is 30.3 Å².